The van der Waals surface area contributed by atoms with Crippen molar-refractivity contribution in [2.75, 3.05) is 5.32 Å². The van der Waals surface area contributed by atoms with Crippen molar-refractivity contribution >= 4 is 29.1 Å². The van der Waals surface area contributed by atoms with Gasteiger partial charge in [0, 0.05) is 17.7 Å². The molecular formula is C20H13F2N3O8. The number of nitro benzene ring substituents is 2. The molecule has 0 heterocycles. The molecular weight excluding hydrogens is 448 g/mol. The van der Waals surface area contributed by atoms with E-state index in [1.165, 1.54) is 24.3 Å². The van der Waals surface area contributed by atoms with Crippen LogP contribution in [0.25, 0.3) is 0 Å². The summed E-state index contributed by atoms with van der Waals surface area (Å²) >= 11 is 0. The largest absolute Gasteiger partial charge is 0.506 e. The molecule has 0 radical (unpaired) electrons. The van der Waals surface area contributed by atoms with Crippen LogP contribution in [-0.4, -0.2) is 27.0 Å². The predicted molar refractivity (Wildman–Crippen MR) is 107 cm³/mol. The van der Waals surface area contributed by atoms with Gasteiger partial charge in [-0.1, -0.05) is 24.3 Å². The van der Waals surface area contributed by atoms with Crippen LogP contribution in [0.3, 0.4) is 0 Å². The number of anilines is 1. The highest BCUT2D eigenvalue weighted by atomic mass is 19.1. The standard InChI is InChI=1S/C13H9FN2O4.C6H4FNO2.CO2/c14-9-6-5-8(7-11(9)16(19)20)13(18)15-10-3-1-2-4-12(10)17;7-5-3-1-2-4-6(5)8(9)10;2-1-3/h1-7,17H,(H,15,18);1-4H;. The molecule has 0 unspecified atom stereocenters. The van der Waals surface area contributed by atoms with Gasteiger partial charge in [-0.05, 0) is 30.3 Å². The van der Waals surface area contributed by atoms with Gasteiger partial charge in [0.1, 0.15) is 5.75 Å². The average Bonchev–Trinajstić information content (AvgIpc) is 2.76. The van der Waals surface area contributed by atoms with Crippen LogP contribution in [0.1, 0.15) is 10.4 Å². The predicted octanol–water partition coefficient (Wildman–Crippen LogP) is 3.84. The van der Waals surface area contributed by atoms with Gasteiger partial charge in [0.15, 0.2) is 0 Å². The Balaban J connectivity index is 0.000000349. The van der Waals surface area contributed by atoms with Crippen molar-refractivity contribution in [3.8, 4) is 5.75 Å². The van der Waals surface area contributed by atoms with Crippen molar-refractivity contribution in [2.24, 2.45) is 0 Å². The number of rotatable bonds is 4. The number of halogens is 2. The fourth-order valence-electron chi connectivity index (χ4n) is 2.17. The van der Waals surface area contributed by atoms with Crippen LogP contribution < -0.4 is 5.32 Å². The van der Waals surface area contributed by atoms with E-state index in [1.807, 2.05) is 0 Å². The molecule has 0 aliphatic rings. The first kappa shape index (κ1) is 26.0. The minimum absolute atomic E-state index is 0.0821. The van der Waals surface area contributed by atoms with Gasteiger partial charge >= 0.3 is 17.5 Å². The zero-order valence-corrected chi connectivity index (χ0v) is 16.3. The number of amides is 1. The third kappa shape index (κ3) is 7.96. The number of para-hydroxylation sites is 3. The Labute approximate surface area is 183 Å². The highest BCUT2D eigenvalue weighted by Crippen LogP contribution is 2.24. The first-order chi connectivity index (χ1) is 15.6. The lowest BCUT2D eigenvalue weighted by atomic mass is 10.1. The van der Waals surface area contributed by atoms with Gasteiger partial charge in [-0.15, -0.1) is 0 Å². The zero-order valence-electron chi connectivity index (χ0n) is 16.3. The van der Waals surface area contributed by atoms with Gasteiger partial charge in [-0.25, -0.2) is 0 Å². The summed E-state index contributed by atoms with van der Waals surface area (Å²) in [6, 6.07) is 13.8. The number of phenolic OH excluding ortho intramolecular Hbond substituents is 1. The maximum absolute atomic E-state index is 13.2. The van der Waals surface area contributed by atoms with E-state index >= 15 is 0 Å². The van der Waals surface area contributed by atoms with Crippen LogP contribution >= 0.6 is 0 Å². The van der Waals surface area contributed by atoms with E-state index in [4.69, 9.17) is 9.59 Å². The van der Waals surface area contributed by atoms with Gasteiger partial charge in [-0.2, -0.15) is 18.4 Å². The molecule has 33 heavy (non-hydrogen) atoms. The molecule has 170 valence electrons. The summed E-state index contributed by atoms with van der Waals surface area (Å²) in [6.07, 6.45) is 0.250. The Morgan fingerprint density at radius 3 is 1.88 bits per heavy atom. The van der Waals surface area contributed by atoms with E-state index in [9.17, 15) is 38.9 Å². The second kappa shape index (κ2) is 12.6. The summed E-state index contributed by atoms with van der Waals surface area (Å²) in [5.41, 5.74) is -1.19. The Hall–Kier alpha value is -5.03. The molecule has 0 fully saturated rings. The number of nitro groups is 2. The zero-order chi connectivity index (χ0) is 25.0. The van der Waals surface area contributed by atoms with Gasteiger partial charge < -0.3 is 10.4 Å². The van der Waals surface area contributed by atoms with Crippen LogP contribution in [0.4, 0.5) is 25.8 Å². The molecule has 0 aliphatic carbocycles. The number of nitrogens with zero attached hydrogens (tertiary/aromatic N) is 2. The second-order valence-electron chi connectivity index (χ2n) is 5.69. The Bertz CT molecular complexity index is 1200. The minimum atomic E-state index is -1.02. The number of nitrogens with one attached hydrogen (secondary N) is 1. The topological polar surface area (TPSA) is 170 Å². The quantitative estimate of drug-likeness (QED) is 0.335. The lowest BCUT2D eigenvalue weighted by Crippen LogP contribution is -2.12. The van der Waals surface area contributed by atoms with E-state index in [1.54, 1.807) is 12.1 Å². The molecule has 3 rings (SSSR count). The second-order valence-corrected chi connectivity index (χ2v) is 5.69. The highest BCUT2D eigenvalue weighted by molar-refractivity contribution is 6.05. The van der Waals surface area contributed by atoms with Crippen LogP contribution in [-0.2, 0) is 9.59 Å². The summed E-state index contributed by atoms with van der Waals surface area (Å²) in [5.74, 6) is -2.64. The first-order valence-corrected chi connectivity index (χ1v) is 8.53. The minimum Gasteiger partial charge on any atom is -0.506 e. The molecule has 11 nitrogen and oxygen atoms in total. The Morgan fingerprint density at radius 1 is 0.848 bits per heavy atom. The first-order valence-electron chi connectivity index (χ1n) is 8.53. The third-order valence-electron chi connectivity index (χ3n) is 3.61. The number of carbonyl (C=O) groups is 1. The highest BCUT2D eigenvalue weighted by Gasteiger charge is 2.18. The number of carbonyl (C=O) groups excluding carboxylic acids is 3. The van der Waals surface area contributed by atoms with E-state index in [-0.39, 0.29) is 23.2 Å². The molecule has 0 saturated heterocycles. The van der Waals surface area contributed by atoms with Crippen molar-refractivity contribution in [3.63, 3.8) is 0 Å². The molecule has 0 bridgehead atoms. The molecule has 3 aromatic carbocycles. The van der Waals surface area contributed by atoms with Gasteiger partial charge in [-0.3, -0.25) is 25.0 Å². The number of hydrogen-bond acceptors (Lipinski definition) is 8. The van der Waals surface area contributed by atoms with Crippen molar-refractivity contribution < 1.29 is 38.1 Å². The fraction of sp³-hybridized carbons (Fsp3) is 0. The Kier molecular flexibility index (Phi) is 9.94. The van der Waals surface area contributed by atoms with Crippen LogP contribution in [0.15, 0.2) is 66.7 Å². The number of phenols is 1. The van der Waals surface area contributed by atoms with Crippen molar-refractivity contribution in [3.05, 3.63) is 104 Å². The third-order valence-corrected chi connectivity index (χ3v) is 3.61. The molecule has 1 amide bonds. The van der Waals surface area contributed by atoms with Crippen LogP contribution in [0.5, 0.6) is 5.75 Å². The molecule has 0 aromatic heterocycles. The molecule has 13 heteroatoms. The van der Waals surface area contributed by atoms with Gasteiger partial charge in [0.2, 0.25) is 11.6 Å². The molecule has 3 aromatic rings. The summed E-state index contributed by atoms with van der Waals surface area (Å²) < 4.78 is 25.6. The molecule has 0 spiro atoms. The number of hydrogen-bond donors (Lipinski definition) is 2. The van der Waals surface area contributed by atoms with E-state index in [2.05, 4.69) is 5.32 Å². The molecule has 0 saturated carbocycles. The lowest BCUT2D eigenvalue weighted by Gasteiger charge is -2.07. The maximum atomic E-state index is 13.2. The van der Waals surface area contributed by atoms with Crippen molar-refractivity contribution in [1.29, 1.82) is 0 Å². The molecule has 0 aliphatic heterocycles. The van der Waals surface area contributed by atoms with Crippen molar-refractivity contribution in [1.82, 2.24) is 0 Å². The lowest BCUT2D eigenvalue weighted by molar-refractivity contribution is -0.387. The maximum Gasteiger partial charge on any atom is 0.373 e. The molecule has 2 N–H and O–H groups in total. The smallest absolute Gasteiger partial charge is 0.373 e. The summed E-state index contributed by atoms with van der Waals surface area (Å²) in [4.78, 5) is 47.1. The van der Waals surface area contributed by atoms with Gasteiger partial charge in [0.05, 0.1) is 15.5 Å². The fourth-order valence-corrected chi connectivity index (χ4v) is 2.17. The SMILES string of the molecule is O=C(Nc1ccccc1O)c1ccc(F)c([N+](=O)[O-])c1.O=C=O.O=[N+]([O-])c1ccccc1F. The average molecular weight is 461 g/mol. The monoisotopic (exact) mass is 461 g/mol. The summed E-state index contributed by atoms with van der Waals surface area (Å²) in [7, 11) is 0. The number of aromatic hydroxyl groups is 1. The van der Waals surface area contributed by atoms with Crippen molar-refractivity contribution in [2.45, 2.75) is 0 Å². The number of benzene rings is 3. The van der Waals surface area contributed by atoms with Crippen LogP contribution in [0.2, 0.25) is 0 Å². The van der Waals surface area contributed by atoms with Gasteiger partial charge in [0.25, 0.3) is 5.91 Å². The molecule has 0 atom stereocenters. The normalized spacial score (nSPS) is 9.15. The van der Waals surface area contributed by atoms with Crippen LogP contribution in [0, 0.1) is 31.9 Å². The van der Waals surface area contributed by atoms with E-state index in [0.717, 1.165) is 30.3 Å². The summed E-state index contributed by atoms with van der Waals surface area (Å²) in [5, 5.41) is 32.5. The Morgan fingerprint density at radius 2 is 1.36 bits per heavy atom. The van der Waals surface area contributed by atoms with E-state index < -0.39 is 38.8 Å². The summed E-state index contributed by atoms with van der Waals surface area (Å²) in [6.45, 7) is 0. The van der Waals surface area contributed by atoms with E-state index in [0.29, 0.717) is 0 Å².